The van der Waals surface area contributed by atoms with Gasteiger partial charge in [0.1, 0.15) is 6.07 Å². The quantitative estimate of drug-likeness (QED) is 0.587. The van der Waals surface area contributed by atoms with Crippen molar-refractivity contribution in [1.82, 2.24) is 0 Å². The Morgan fingerprint density at radius 1 is 1.20 bits per heavy atom. The highest BCUT2D eigenvalue weighted by atomic mass is 79.9. The van der Waals surface area contributed by atoms with E-state index in [0.717, 1.165) is 23.1 Å². The van der Waals surface area contributed by atoms with Gasteiger partial charge in [-0.25, -0.2) is 0 Å². The van der Waals surface area contributed by atoms with Gasteiger partial charge in [0, 0.05) is 18.9 Å². The first kappa shape index (κ1) is 15.4. The largest absolute Gasteiger partial charge is 0.373 e. The molecule has 1 aromatic rings. The van der Waals surface area contributed by atoms with Gasteiger partial charge in [0.25, 0.3) is 0 Å². The van der Waals surface area contributed by atoms with Gasteiger partial charge in [0.05, 0.1) is 11.3 Å². The number of rotatable bonds is 4. The van der Waals surface area contributed by atoms with Crippen molar-refractivity contribution in [3.05, 3.63) is 29.8 Å². The number of anilines is 1. The van der Waals surface area contributed by atoms with Crippen molar-refractivity contribution in [2.24, 2.45) is 5.41 Å². The Labute approximate surface area is 130 Å². The van der Waals surface area contributed by atoms with Crippen LogP contribution in [0.15, 0.2) is 24.3 Å². The lowest BCUT2D eigenvalue weighted by atomic mass is 9.82. The van der Waals surface area contributed by atoms with E-state index in [9.17, 15) is 5.26 Å². The Morgan fingerprint density at radius 2 is 1.85 bits per heavy atom. The molecule has 0 radical (unpaired) electrons. The van der Waals surface area contributed by atoms with Crippen molar-refractivity contribution in [3.63, 3.8) is 0 Å². The van der Waals surface area contributed by atoms with E-state index in [1.165, 1.54) is 38.5 Å². The van der Waals surface area contributed by atoms with Gasteiger partial charge in [-0.3, -0.25) is 0 Å². The molecule has 1 aliphatic rings. The van der Waals surface area contributed by atoms with Crippen LogP contribution in [0.3, 0.4) is 0 Å². The van der Waals surface area contributed by atoms with Crippen LogP contribution in [0.5, 0.6) is 0 Å². The van der Waals surface area contributed by atoms with Gasteiger partial charge in [-0.2, -0.15) is 5.26 Å². The summed E-state index contributed by atoms with van der Waals surface area (Å²) in [5.74, 6) is 0. The third-order valence-electron chi connectivity index (χ3n) is 4.46. The summed E-state index contributed by atoms with van der Waals surface area (Å²) >= 11 is 3.75. The van der Waals surface area contributed by atoms with Crippen LogP contribution < -0.4 is 4.90 Å². The lowest BCUT2D eigenvalue weighted by Crippen LogP contribution is -2.37. The Hall–Kier alpha value is -1.01. The molecule has 1 saturated carbocycles. The van der Waals surface area contributed by atoms with Crippen molar-refractivity contribution in [2.45, 2.75) is 38.5 Å². The fourth-order valence-corrected chi connectivity index (χ4v) is 4.04. The number of halogens is 1. The Kier molecular flexibility index (Phi) is 5.48. The van der Waals surface area contributed by atoms with Crippen LogP contribution in [0.2, 0.25) is 0 Å². The van der Waals surface area contributed by atoms with Crippen LogP contribution in [0.1, 0.15) is 44.1 Å². The second kappa shape index (κ2) is 7.13. The SMILES string of the molecule is CN(CC1(CBr)CCCCCC1)c1ccccc1C#N. The van der Waals surface area contributed by atoms with E-state index in [-0.39, 0.29) is 0 Å². The van der Waals surface area contributed by atoms with Crippen molar-refractivity contribution in [1.29, 1.82) is 5.26 Å². The highest BCUT2D eigenvalue weighted by molar-refractivity contribution is 9.09. The monoisotopic (exact) mass is 334 g/mol. The van der Waals surface area contributed by atoms with Crippen LogP contribution in [0.25, 0.3) is 0 Å². The second-order valence-electron chi connectivity index (χ2n) is 6.03. The summed E-state index contributed by atoms with van der Waals surface area (Å²) in [5.41, 5.74) is 2.18. The van der Waals surface area contributed by atoms with Crippen LogP contribution in [-0.2, 0) is 0 Å². The van der Waals surface area contributed by atoms with E-state index in [1.807, 2.05) is 18.2 Å². The number of benzene rings is 1. The van der Waals surface area contributed by atoms with Crippen molar-refractivity contribution in [3.8, 4) is 6.07 Å². The second-order valence-corrected chi connectivity index (χ2v) is 6.59. The molecule has 2 nitrogen and oxygen atoms in total. The molecule has 0 aromatic heterocycles. The first-order chi connectivity index (χ1) is 9.71. The molecule has 0 aliphatic heterocycles. The Morgan fingerprint density at radius 3 is 2.45 bits per heavy atom. The molecular formula is C17H23BrN2. The van der Waals surface area contributed by atoms with Gasteiger partial charge >= 0.3 is 0 Å². The zero-order valence-corrected chi connectivity index (χ0v) is 13.8. The molecule has 1 fully saturated rings. The molecule has 108 valence electrons. The Bertz CT molecular complexity index is 470. The average Bonchev–Trinajstić information content (AvgIpc) is 2.73. The molecule has 0 saturated heterocycles. The van der Waals surface area contributed by atoms with Crippen molar-refractivity contribution < 1.29 is 0 Å². The zero-order valence-electron chi connectivity index (χ0n) is 12.2. The molecule has 2 rings (SSSR count). The molecule has 1 aliphatic carbocycles. The molecule has 1 aromatic carbocycles. The summed E-state index contributed by atoms with van der Waals surface area (Å²) < 4.78 is 0. The molecule has 0 unspecified atom stereocenters. The van der Waals surface area contributed by atoms with Crippen molar-refractivity contribution in [2.75, 3.05) is 23.8 Å². The smallest absolute Gasteiger partial charge is 0.101 e. The van der Waals surface area contributed by atoms with Crippen LogP contribution in [0, 0.1) is 16.7 Å². The molecular weight excluding hydrogens is 312 g/mol. The molecule has 0 atom stereocenters. The van der Waals surface area contributed by atoms with Crippen molar-refractivity contribution >= 4 is 21.6 Å². The lowest BCUT2D eigenvalue weighted by Gasteiger charge is -2.36. The number of hydrogen-bond acceptors (Lipinski definition) is 2. The minimum Gasteiger partial charge on any atom is -0.373 e. The Balaban J connectivity index is 2.16. The fourth-order valence-electron chi connectivity index (χ4n) is 3.30. The van der Waals surface area contributed by atoms with Gasteiger partial charge in [0.15, 0.2) is 0 Å². The highest BCUT2D eigenvalue weighted by Gasteiger charge is 2.31. The minimum atomic E-state index is 0.355. The average molecular weight is 335 g/mol. The molecule has 20 heavy (non-hydrogen) atoms. The zero-order chi connectivity index (χ0) is 14.4. The standard InChI is InChI=1S/C17H23BrN2/c1-20(16-9-5-4-8-15(16)12-19)14-17(13-18)10-6-2-3-7-11-17/h4-5,8-9H,2-3,6-7,10-11,13-14H2,1H3. The summed E-state index contributed by atoms with van der Waals surface area (Å²) in [4.78, 5) is 2.27. The van der Waals surface area contributed by atoms with Gasteiger partial charge in [-0.1, -0.05) is 53.7 Å². The number of para-hydroxylation sites is 1. The van der Waals surface area contributed by atoms with E-state index in [1.54, 1.807) is 0 Å². The summed E-state index contributed by atoms with van der Waals surface area (Å²) in [5, 5.41) is 10.3. The third kappa shape index (κ3) is 3.55. The predicted molar refractivity (Wildman–Crippen MR) is 88.4 cm³/mol. The van der Waals surface area contributed by atoms with Crippen LogP contribution in [-0.4, -0.2) is 18.9 Å². The topological polar surface area (TPSA) is 27.0 Å². The minimum absolute atomic E-state index is 0.355. The first-order valence-corrected chi connectivity index (χ1v) is 8.59. The van der Waals surface area contributed by atoms with E-state index >= 15 is 0 Å². The molecule has 0 N–H and O–H groups in total. The molecule has 0 amide bonds. The van der Waals surface area contributed by atoms with Gasteiger partial charge in [-0.15, -0.1) is 0 Å². The third-order valence-corrected chi connectivity index (χ3v) is 5.65. The lowest BCUT2D eigenvalue weighted by molar-refractivity contribution is 0.295. The summed E-state index contributed by atoms with van der Waals surface area (Å²) in [6, 6.07) is 10.2. The van der Waals surface area contributed by atoms with Gasteiger partial charge < -0.3 is 4.90 Å². The maximum absolute atomic E-state index is 9.25. The number of alkyl halides is 1. The fraction of sp³-hybridized carbons (Fsp3) is 0.588. The van der Waals surface area contributed by atoms with Gasteiger partial charge in [-0.05, 0) is 30.4 Å². The van der Waals surface area contributed by atoms with Crippen LogP contribution >= 0.6 is 15.9 Å². The van der Waals surface area contributed by atoms with Crippen LogP contribution in [0.4, 0.5) is 5.69 Å². The number of hydrogen-bond donors (Lipinski definition) is 0. The number of nitrogens with zero attached hydrogens (tertiary/aromatic N) is 2. The summed E-state index contributed by atoms with van der Waals surface area (Å²) in [6.07, 6.45) is 7.98. The van der Waals surface area contributed by atoms with E-state index in [0.29, 0.717) is 5.41 Å². The predicted octanol–water partition coefficient (Wildman–Crippen LogP) is 4.73. The molecule has 0 bridgehead atoms. The maximum Gasteiger partial charge on any atom is 0.101 e. The highest BCUT2D eigenvalue weighted by Crippen LogP contribution is 2.38. The van der Waals surface area contributed by atoms with E-state index in [2.05, 4.69) is 40.0 Å². The summed E-state index contributed by atoms with van der Waals surface area (Å²) in [7, 11) is 2.12. The van der Waals surface area contributed by atoms with E-state index in [4.69, 9.17) is 0 Å². The van der Waals surface area contributed by atoms with Gasteiger partial charge in [0.2, 0.25) is 0 Å². The maximum atomic E-state index is 9.25. The first-order valence-electron chi connectivity index (χ1n) is 7.47. The molecule has 3 heteroatoms. The molecule has 0 heterocycles. The normalized spacial score (nSPS) is 18.1. The number of nitriles is 1. The van der Waals surface area contributed by atoms with E-state index < -0.39 is 0 Å². The molecule has 0 spiro atoms. The summed E-state index contributed by atoms with van der Waals surface area (Å²) in [6.45, 7) is 1.02.